The maximum absolute atomic E-state index is 12.6. The minimum absolute atomic E-state index is 0.0209. The molecule has 1 aromatic carbocycles. The van der Waals surface area contributed by atoms with Gasteiger partial charge in [-0.3, -0.25) is 4.79 Å². The highest BCUT2D eigenvalue weighted by Gasteiger charge is 2.32. The summed E-state index contributed by atoms with van der Waals surface area (Å²) in [5.41, 5.74) is 2.79. The van der Waals surface area contributed by atoms with Crippen LogP contribution in [0.1, 0.15) is 10.5 Å². The Labute approximate surface area is 136 Å². The number of likely N-dealkylation sites (N-methyl/N-ethyl adjacent to an activating group) is 1. The van der Waals surface area contributed by atoms with Gasteiger partial charge in [-0.2, -0.15) is 0 Å². The number of carbonyl (C=O) groups is 1. The van der Waals surface area contributed by atoms with Gasteiger partial charge in [0.1, 0.15) is 5.69 Å². The molecule has 5 heteroatoms. The second-order valence-corrected chi connectivity index (χ2v) is 6.10. The van der Waals surface area contributed by atoms with Crippen LogP contribution in [0.4, 0.5) is 0 Å². The van der Waals surface area contributed by atoms with E-state index in [0.717, 1.165) is 24.3 Å². The maximum atomic E-state index is 12.6. The normalized spacial score (nSPS) is 21.5. The molecule has 1 aliphatic rings. The Hall–Kier alpha value is -2.11. The summed E-state index contributed by atoms with van der Waals surface area (Å²) in [5, 5.41) is 3.11. The lowest BCUT2D eigenvalue weighted by Gasteiger charge is -2.19. The minimum Gasteiger partial charge on any atom is -0.378 e. The molecule has 5 nitrogen and oxygen atoms in total. The lowest BCUT2D eigenvalue weighted by Crippen LogP contribution is -2.44. The first-order valence-corrected chi connectivity index (χ1v) is 7.83. The Morgan fingerprint density at radius 1 is 1.13 bits per heavy atom. The van der Waals surface area contributed by atoms with E-state index in [-0.39, 0.29) is 18.1 Å². The molecule has 1 fully saturated rings. The molecule has 1 saturated heterocycles. The van der Waals surface area contributed by atoms with E-state index in [1.807, 2.05) is 61.1 Å². The van der Waals surface area contributed by atoms with Gasteiger partial charge in [-0.15, -0.1) is 0 Å². The summed E-state index contributed by atoms with van der Waals surface area (Å²) in [7, 11) is 5.65. The van der Waals surface area contributed by atoms with Crippen molar-refractivity contribution in [3.63, 3.8) is 0 Å². The Morgan fingerprint density at radius 2 is 1.87 bits per heavy atom. The van der Waals surface area contributed by atoms with E-state index < -0.39 is 0 Å². The van der Waals surface area contributed by atoms with Crippen LogP contribution in [0.5, 0.6) is 0 Å². The number of hydrogen-bond acceptors (Lipinski definition) is 3. The van der Waals surface area contributed by atoms with Crippen molar-refractivity contribution in [2.45, 2.75) is 12.1 Å². The smallest absolute Gasteiger partial charge is 0.268 e. The number of aromatic nitrogens is 1. The first kappa shape index (κ1) is 15.8. The van der Waals surface area contributed by atoms with Crippen molar-refractivity contribution in [3.05, 3.63) is 48.2 Å². The van der Waals surface area contributed by atoms with Crippen LogP contribution < -0.4 is 5.32 Å². The fraction of sp³-hybridized carbons (Fsp3) is 0.389. The third-order valence-electron chi connectivity index (χ3n) is 4.49. The van der Waals surface area contributed by atoms with Gasteiger partial charge < -0.3 is 19.5 Å². The summed E-state index contributed by atoms with van der Waals surface area (Å²) in [6.45, 7) is 1.64. The number of nitrogens with zero attached hydrogens (tertiary/aromatic N) is 2. The third-order valence-corrected chi connectivity index (χ3v) is 4.49. The number of rotatable bonds is 4. The highest BCUT2D eigenvalue weighted by atomic mass is 16.5. The molecule has 3 rings (SSSR count). The molecule has 0 bridgehead atoms. The van der Waals surface area contributed by atoms with Crippen LogP contribution in [0.15, 0.2) is 42.5 Å². The molecule has 1 N–H and O–H groups in total. The van der Waals surface area contributed by atoms with Gasteiger partial charge in [-0.1, -0.05) is 30.3 Å². The number of nitrogens with one attached hydrogen (secondary N) is 1. The summed E-state index contributed by atoms with van der Waals surface area (Å²) >= 11 is 0. The van der Waals surface area contributed by atoms with Crippen molar-refractivity contribution in [2.24, 2.45) is 7.05 Å². The molecule has 2 heterocycles. The Kier molecular flexibility index (Phi) is 4.50. The zero-order chi connectivity index (χ0) is 16.4. The molecular weight excluding hydrogens is 290 g/mol. The van der Waals surface area contributed by atoms with Crippen molar-refractivity contribution >= 4 is 5.91 Å². The number of amides is 1. The second kappa shape index (κ2) is 6.56. The van der Waals surface area contributed by atoms with Gasteiger partial charge >= 0.3 is 0 Å². The van der Waals surface area contributed by atoms with Crippen molar-refractivity contribution in [2.75, 3.05) is 27.2 Å². The molecule has 2 aromatic rings. The molecule has 0 spiro atoms. The van der Waals surface area contributed by atoms with Crippen molar-refractivity contribution in [1.82, 2.24) is 14.8 Å². The van der Waals surface area contributed by atoms with Crippen LogP contribution in [-0.4, -0.2) is 54.8 Å². The molecular formula is C18H23N3O2. The van der Waals surface area contributed by atoms with Gasteiger partial charge in [-0.25, -0.2) is 0 Å². The number of ether oxygens (including phenoxy) is 1. The van der Waals surface area contributed by atoms with Gasteiger partial charge in [0, 0.05) is 32.9 Å². The van der Waals surface area contributed by atoms with Gasteiger partial charge in [0.05, 0.1) is 12.1 Å². The van der Waals surface area contributed by atoms with E-state index in [1.54, 1.807) is 7.11 Å². The highest BCUT2D eigenvalue weighted by Crippen LogP contribution is 2.21. The van der Waals surface area contributed by atoms with Crippen molar-refractivity contribution in [3.8, 4) is 11.3 Å². The van der Waals surface area contributed by atoms with Crippen LogP contribution in [0.25, 0.3) is 11.3 Å². The van der Waals surface area contributed by atoms with Crippen molar-refractivity contribution in [1.29, 1.82) is 0 Å². The predicted molar refractivity (Wildman–Crippen MR) is 90.4 cm³/mol. The average molecular weight is 313 g/mol. The third kappa shape index (κ3) is 3.16. The first-order valence-electron chi connectivity index (χ1n) is 7.83. The fourth-order valence-corrected chi connectivity index (χ4v) is 3.22. The quantitative estimate of drug-likeness (QED) is 0.935. The van der Waals surface area contributed by atoms with Crippen LogP contribution in [0.2, 0.25) is 0 Å². The van der Waals surface area contributed by atoms with E-state index in [4.69, 9.17) is 4.74 Å². The van der Waals surface area contributed by atoms with Gasteiger partial charge in [0.2, 0.25) is 0 Å². The van der Waals surface area contributed by atoms with E-state index in [9.17, 15) is 4.79 Å². The summed E-state index contributed by atoms with van der Waals surface area (Å²) in [6, 6.07) is 14.0. The van der Waals surface area contributed by atoms with Gasteiger partial charge in [-0.05, 0) is 24.7 Å². The van der Waals surface area contributed by atoms with Crippen molar-refractivity contribution < 1.29 is 9.53 Å². The lowest BCUT2D eigenvalue weighted by atomic mass is 10.2. The van der Waals surface area contributed by atoms with E-state index in [2.05, 4.69) is 10.2 Å². The SMILES string of the molecule is CO[C@H]1CN(C)C[C@@H]1NC(=O)c1ccc(-c2ccccc2)n1C. The number of hydrogen-bond donors (Lipinski definition) is 1. The molecule has 0 unspecified atom stereocenters. The summed E-state index contributed by atoms with van der Waals surface area (Å²) in [4.78, 5) is 14.8. The number of methoxy groups -OCH3 is 1. The average Bonchev–Trinajstić information content (AvgIpc) is 3.10. The van der Waals surface area contributed by atoms with Gasteiger partial charge in [0.25, 0.3) is 5.91 Å². The predicted octanol–water partition coefficient (Wildman–Crippen LogP) is 1.75. The summed E-state index contributed by atoms with van der Waals surface area (Å²) in [6.07, 6.45) is 0.0396. The molecule has 0 radical (unpaired) electrons. The van der Waals surface area contributed by atoms with E-state index in [1.165, 1.54) is 0 Å². The monoisotopic (exact) mass is 313 g/mol. The molecule has 0 saturated carbocycles. The zero-order valence-electron chi connectivity index (χ0n) is 13.8. The largest absolute Gasteiger partial charge is 0.378 e. The molecule has 1 aliphatic heterocycles. The maximum Gasteiger partial charge on any atom is 0.268 e. The van der Waals surface area contributed by atoms with Crippen LogP contribution in [0, 0.1) is 0 Å². The Balaban J connectivity index is 1.77. The minimum atomic E-state index is -0.0583. The molecule has 0 aliphatic carbocycles. The van der Waals surface area contributed by atoms with Gasteiger partial charge in [0.15, 0.2) is 0 Å². The number of benzene rings is 1. The second-order valence-electron chi connectivity index (χ2n) is 6.10. The Morgan fingerprint density at radius 3 is 2.57 bits per heavy atom. The summed E-state index contributed by atoms with van der Waals surface area (Å²) in [5.74, 6) is -0.0583. The number of likely N-dealkylation sites (tertiary alicyclic amines) is 1. The van der Waals surface area contributed by atoms with E-state index >= 15 is 0 Å². The zero-order valence-corrected chi connectivity index (χ0v) is 13.8. The first-order chi connectivity index (χ1) is 11.1. The Bertz CT molecular complexity index is 681. The lowest BCUT2D eigenvalue weighted by molar-refractivity contribution is 0.0761. The molecule has 1 aromatic heterocycles. The molecule has 122 valence electrons. The van der Waals surface area contributed by atoms with Crippen LogP contribution in [-0.2, 0) is 11.8 Å². The van der Waals surface area contributed by atoms with Crippen LogP contribution >= 0.6 is 0 Å². The van der Waals surface area contributed by atoms with E-state index in [0.29, 0.717) is 5.69 Å². The summed E-state index contributed by atoms with van der Waals surface area (Å²) < 4.78 is 7.41. The topological polar surface area (TPSA) is 46.5 Å². The molecule has 1 amide bonds. The fourth-order valence-electron chi connectivity index (χ4n) is 3.22. The highest BCUT2D eigenvalue weighted by molar-refractivity contribution is 5.94. The van der Waals surface area contributed by atoms with Crippen LogP contribution in [0.3, 0.4) is 0 Å². The number of carbonyl (C=O) groups excluding carboxylic acids is 1. The molecule has 23 heavy (non-hydrogen) atoms. The molecule has 2 atom stereocenters. The standard InChI is InChI=1S/C18H23N3O2/c1-20-11-14(17(12-20)23-3)19-18(22)16-10-9-15(21(16)2)13-7-5-4-6-8-13/h4-10,14,17H,11-12H2,1-3H3,(H,19,22)/t14-,17-/m0/s1.